The van der Waals surface area contributed by atoms with Crippen LogP contribution in [0.5, 0.6) is 11.6 Å². The van der Waals surface area contributed by atoms with Crippen molar-refractivity contribution in [2.75, 3.05) is 0 Å². The van der Waals surface area contributed by atoms with E-state index in [1.807, 2.05) is 30.3 Å². The van der Waals surface area contributed by atoms with Crippen LogP contribution in [0.3, 0.4) is 0 Å². The average Bonchev–Trinajstić information content (AvgIpc) is 2.32. The Bertz CT molecular complexity index is 468. The van der Waals surface area contributed by atoms with Gasteiger partial charge in [0.25, 0.3) is 0 Å². The molecule has 1 aromatic heterocycles. The topological polar surface area (TPSA) is 22.1 Å². The minimum Gasteiger partial charge on any atom is -0.439 e. The molecule has 0 fully saturated rings. The molecule has 0 radical (unpaired) electrons. The number of rotatable bonds is 3. The Balaban J connectivity index is 2.16. The van der Waals surface area contributed by atoms with Gasteiger partial charge >= 0.3 is 0 Å². The molecular weight excluding hydrogens is 266 g/mol. The molecule has 3 heteroatoms. The van der Waals surface area contributed by atoms with Gasteiger partial charge in [-0.2, -0.15) is 0 Å². The minimum atomic E-state index is 0.608. The maximum atomic E-state index is 5.64. The van der Waals surface area contributed by atoms with Crippen LogP contribution in [0.15, 0.2) is 47.1 Å². The van der Waals surface area contributed by atoms with Crippen molar-refractivity contribution < 1.29 is 4.74 Å². The fourth-order valence-corrected chi connectivity index (χ4v) is 1.61. The average molecular weight is 278 g/mol. The van der Waals surface area contributed by atoms with Crippen LogP contribution in [0.2, 0.25) is 0 Å². The van der Waals surface area contributed by atoms with Gasteiger partial charge in [0.1, 0.15) is 5.75 Å². The van der Waals surface area contributed by atoms with Gasteiger partial charge in [-0.1, -0.05) is 19.1 Å². The summed E-state index contributed by atoms with van der Waals surface area (Å²) in [6.45, 7) is 2.12. The number of halogens is 1. The van der Waals surface area contributed by atoms with Gasteiger partial charge in [0.15, 0.2) is 0 Å². The Morgan fingerprint density at radius 3 is 2.81 bits per heavy atom. The number of aromatic nitrogens is 1. The summed E-state index contributed by atoms with van der Waals surface area (Å²) in [5, 5.41) is 0. The lowest BCUT2D eigenvalue weighted by Crippen LogP contribution is -1.88. The fraction of sp³-hybridized carbons (Fsp3) is 0.154. The lowest BCUT2D eigenvalue weighted by molar-refractivity contribution is 0.462. The van der Waals surface area contributed by atoms with E-state index >= 15 is 0 Å². The van der Waals surface area contributed by atoms with Crippen LogP contribution in [0.1, 0.15) is 12.5 Å². The summed E-state index contributed by atoms with van der Waals surface area (Å²) >= 11 is 3.34. The summed E-state index contributed by atoms with van der Waals surface area (Å²) in [6.07, 6.45) is 2.73. The summed E-state index contributed by atoms with van der Waals surface area (Å²) in [6, 6.07) is 11.8. The van der Waals surface area contributed by atoms with Crippen LogP contribution < -0.4 is 4.74 Å². The zero-order valence-electron chi connectivity index (χ0n) is 8.98. The second-order valence-electron chi connectivity index (χ2n) is 3.42. The molecule has 0 spiro atoms. The van der Waals surface area contributed by atoms with Gasteiger partial charge < -0.3 is 4.74 Å². The second kappa shape index (κ2) is 5.12. The van der Waals surface area contributed by atoms with Crippen molar-refractivity contribution in [2.24, 2.45) is 0 Å². The van der Waals surface area contributed by atoms with Crippen molar-refractivity contribution in [1.82, 2.24) is 4.98 Å². The smallest absolute Gasteiger partial charge is 0.219 e. The Labute approximate surface area is 103 Å². The molecule has 0 unspecified atom stereocenters. The molecule has 0 aliphatic heterocycles. The summed E-state index contributed by atoms with van der Waals surface area (Å²) in [7, 11) is 0. The van der Waals surface area contributed by atoms with Gasteiger partial charge in [0.05, 0.1) is 0 Å². The second-order valence-corrected chi connectivity index (χ2v) is 4.33. The zero-order chi connectivity index (χ0) is 11.4. The summed E-state index contributed by atoms with van der Waals surface area (Å²) in [4.78, 5) is 4.16. The maximum Gasteiger partial charge on any atom is 0.219 e. The van der Waals surface area contributed by atoms with Crippen molar-refractivity contribution in [3.05, 3.63) is 52.6 Å². The molecule has 16 heavy (non-hydrogen) atoms. The van der Waals surface area contributed by atoms with Crippen molar-refractivity contribution >= 4 is 15.9 Å². The zero-order valence-corrected chi connectivity index (χ0v) is 10.6. The number of ether oxygens (including phenoxy) is 1. The van der Waals surface area contributed by atoms with Crippen molar-refractivity contribution in [3.63, 3.8) is 0 Å². The van der Waals surface area contributed by atoms with Crippen LogP contribution in [0.4, 0.5) is 0 Å². The third-order valence-electron chi connectivity index (χ3n) is 2.23. The molecule has 1 heterocycles. The summed E-state index contributed by atoms with van der Waals surface area (Å²) in [5.74, 6) is 1.44. The predicted octanol–water partition coefficient (Wildman–Crippen LogP) is 4.20. The fourth-order valence-electron chi connectivity index (χ4n) is 1.37. The van der Waals surface area contributed by atoms with Crippen LogP contribution in [0.25, 0.3) is 0 Å². The molecule has 0 N–H and O–H groups in total. The number of nitrogens with zero attached hydrogens (tertiary/aromatic N) is 1. The molecule has 0 amide bonds. The normalized spacial score (nSPS) is 10.1. The first kappa shape index (κ1) is 11.1. The molecule has 0 atom stereocenters. The molecule has 0 aliphatic rings. The largest absolute Gasteiger partial charge is 0.439 e. The number of hydrogen-bond donors (Lipinski definition) is 0. The van der Waals surface area contributed by atoms with E-state index in [2.05, 4.69) is 33.9 Å². The van der Waals surface area contributed by atoms with E-state index in [0.29, 0.717) is 5.88 Å². The Morgan fingerprint density at radius 2 is 2.12 bits per heavy atom. The van der Waals surface area contributed by atoms with E-state index < -0.39 is 0 Å². The third-order valence-corrected chi connectivity index (χ3v) is 2.70. The molecule has 0 saturated heterocycles. The van der Waals surface area contributed by atoms with E-state index in [0.717, 1.165) is 16.6 Å². The van der Waals surface area contributed by atoms with E-state index in [-0.39, 0.29) is 0 Å². The first-order chi connectivity index (χ1) is 7.78. The third kappa shape index (κ3) is 2.83. The van der Waals surface area contributed by atoms with Crippen LogP contribution >= 0.6 is 15.9 Å². The number of hydrogen-bond acceptors (Lipinski definition) is 2. The van der Waals surface area contributed by atoms with Gasteiger partial charge in [-0.25, -0.2) is 4.98 Å². The molecule has 2 rings (SSSR count). The molecule has 0 bridgehead atoms. The lowest BCUT2D eigenvalue weighted by atomic mass is 10.2. The Hall–Kier alpha value is -1.35. The molecule has 0 aliphatic carbocycles. The van der Waals surface area contributed by atoms with Gasteiger partial charge in [-0.3, -0.25) is 0 Å². The Morgan fingerprint density at radius 1 is 1.25 bits per heavy atom. The van der Waals surface area contributed by atoms with Gasteiger partial charge in [0.2, 0.25) is 5.88 Å². The number of benzene rings is 1. The Kier molecular flexibility index (Phi) is 3.57. The molecule has 2 nitrogen and oxygen atoms in total. The van der Waals surface area contributed by atoms with Gasteiger partial charge in [-0.05, 0) is 46.1 Å². The highest BCUT2D eigenvalue weighted by atomic mass is 79.9. The molecule has 82 valence electrons. The molecule has 2 aromatic rings. The first-order valence-corrected chi connectivity index (χ1v) is 5.95. The lowest BCUT2D eigenvalue weighted by Gasteiger charge is -2.05. The van der Waals surface area contributed by atoms with Gasteiger partial charge in [0, 0.05) is 16.7 Å². The first-order valence-electron chi connectivity index (χ1n) is 5.16. The predicted molar refractivity (Wildman–Crippen MR) is 67.8 cm³/mol. The number of pyridine rings is 1. The van der Waals surface area contributed by atoms with E-state index in [1.165, 1.54) is 5.56 Å². The highest BCUT2D eigenvalue weighted by Crippen LogP contribution is 2.21. The van der Waals surface area contributed by atoms with Crippen LogP contribution in [-0.2, 0) is 6.42 Å². The minimum absolute atomic E-state index is 0.608. The van der Waals surface area contributed by atoms with Crippen molar-refractivity contribution in [1.29, 1.82) is 0 Å². The summed E-state index contributed by atoms with van der Waals surface area (Å²) in [5.41, 5.74) is 1.26. The van der Waals surface area contributed by atoms with Crippen LogP contribution in [0, 0.1) is 0 Å². The highest BCUT2D eigenvalue weighted by Gasteiger charge is 1.99. The number of aryl methyl sites for hydroxylation is 1. The quantitative estimate of drug-likeness (QED) is 0.839. The highest BCUT2D eigenvalue weighted by molar-refractivity contribution is 9.10. The standard InChI is InChI=1S/C13H12BrNO/c1-2-10-4-3-5-12(8-10)16-13-7-6-11(14)9-15-13/h3-9H,2H2,1H3. The SMILES string of the molecule is CCc1cccc(Oc2ccc(Br)cn2)c1. The van der Waals surface area contributed by atoms with Crippen molar-refractivity contribution in [3.8, 4) is 11.6 Å². The molecule has 0 saturated carbocycles. The van der Waals surface area contributed by atoms with E-state index in [1.54, 1.807) is 6.20 Å². The van der Waals surface area contributed by atoms with E-state index in [4.69, 9.17) is 4.74 Å². The summed E-state index contributed by atoms with van der Waals surface area (Å²) < 4.78 is 6.59. The monoisotopic (exact) mass is 277 g/mol. The molecule has 1 aromatic carbocycles. The van der Waals surface area contributed by atoms with Crippen molar-refractivity contribution in [2.45, 2.75) is 13.3 Å². The molecular formula is C13H12BrNO. The maximum absolute atomic E-state index is 5.64. The van der Waals surface area contributed by atoms with E-state index in [9.17, 15) is 0 Å². The van der Waals surface area contributed by atoms with Crippen LogP contribution in [-0.4, -0.2) is 4.98 Å². The van der Waals surface area contributed by atoms with Gasteiger partial charge in [-0.15, -0.1) is 0 Å².